The van der Waals surface area contributed by atoms with Gasteiger partial charge in [0, 0.05) is 6.54 Å². The van der Waals surface area contributed by atoms with Crippen LogP contribution in [0, 0.1) is 5.82 Å². The van der Waals surface area contributed by atoms with Crippen LogP contribution in [0.25, 0.3) is 0 Å². The summed E-state index contributed by atoms with van der Waals surface area (Å²) in [5.41, 5.74) is 0.817. The van der Waals surface area contributed by atoms with Gasteiger partial charge in [-0.1, -0.05) is 23.7 Å². The van der Waals surface area contributed by atoms with Crippen LogP contribution in [0.15, 0.2) is 35.7 Å². The van der Waals surface area contributed by atoms with Crippen LogP contribution in [0.3, 0.4) is 0 Å². The standard InChI is InChI=1S/C15H16ClFN2OS/c1-19(2)13(10-4-3-5-11(17)8-10)9-18-15(20)14-12(16)6-7-21-14/h3-8,13H,9H2,1-2H3,(H,18,20)/t13-/m0/s1. The molecule has 1 atom stereocenters. The summed E-state index contributed by atoms with van der Waals surface area (Å²) in [6, 6.07) is 7.98. The van der Waals surface area contributed by atoms with Crippen LogP contribution in [-0.4, -0.2) is 31.4 Å². The van der Waals surface area contributed by atoms with Crippen LogP contribution < -0.4 is 5.32 Å². The molecule has 0 bridgehead atoms. The van der Waals surface area contributed by atoms with Crippen molar-refractivity contribution in [2.75, 3.05) is 20.6 Å². The van der Waals surface area contributed by atoms with Gasteiger partial charge in [-0.05, 0) is 43.2 Å². The van der Waals surface area contributed by atoms with E-state index < -0.39 is 0 Å². The van der Waals surface area contributed by atoms with E-state index in [9.17, 15) is 9.18 Å². The maximum Gasteiger partial charge on any atom is 0.262 e. The number of amides is 1. The number of hydrogen-bond donors (Lipinski definition) is 1. The van der Waals surface area contributed by atoms with Gasteiger partial charge < -0.3 is 10.2 Å². The van der Waals surface area contributed by atoms with Crippen LogP contribution in [0.1, 0.15) is 21.3 Å². The number of carbonyl (C=O) groups excluding carboxylic acids is 1. The van der Waals surface area contributed by atoms with Crippen molar-refractivity contribution in [2.45, 2.75) is 6.04 Å². The third kappa shape index (κ3) is 4.03. The lowest BCUT2D eigenvalue weighted by Crippen LogP contribution is -2.34. The predicted molar refractivity (Wildman–Crippen MR) is 84.5 cm³/mol. The lowest BCUT2D eigenvalue weighted by Gasteiger charge is -2.25. The third-order valence-corrected chi connectivity index (χ3v) is 4.48. The molecular weight excluding hydrogens is 311 g/mol. The van der Waals surface area contributed by atoms with Crippen molar-refractivity contribution in [1.82, 2.24) is 10.2 Å². The highest BCUT2D eigenvalue weighted by molar-refractivity contribution is 7.12. The highest BCUT2D eigenvalue weighted by Crippen LogP contribution is 2.22. The zero-order chi connectivity index (χ0) is 15.4. The highest BCUT2D eigenvalue weighted by atomic mass is 35.5. The first-order valence-electron chi connectivity index (χ1n) is 6.42. The van der Waals surface area contributed by atoms with Crippen molar-refractivity contribution in [2.24, 2.45) is 0 Å². The zero-order valence-corrected chi connectivity index (χ0v) is 13.3. The van der Waals surface area contributed by atoms with Crippen molar-refractivity contribution in [3.8, 4) is 0 Å². The average Bonchev–Trinajstić information content (AvgIpc) is 2.85. The van der Waals surface area contributed by atoms with Gasteiger partial charge >= 0.3 is 0 Å². The fourth-order valence-corrected chi connectivity index (χ4v) is 3.10. The largest absolute Gasteiger partial charge is 0.349 e. The molecule has 1 heterocycles. The minimum atomic E-state index is -0.285. The van der Waals surface area contributed by atoms with Crippen LogP contribution in [-0.2, 0) is 0 Å². The molecule has 0 unspecified atom stereocenters. The van der Waals surface area contributed by atoms with Gasteiger partial charge in [-0.15, -0.1) is 11.3 Å². The molecule has 1 N–H and O–H groups in total. The van der Waals surface area contributed by atoms with Crippen molar-refractivity contribution < 1.29 is 9.18 Å². The Morgan fingerprint density at radius 1 is 1.43 bits per heavy atom. The van der Waals surface area contributed by atoms with Gasteiger partial charge in [-0.2, -0.15) is 0 Å². The van der Waals surface area contributed by atoms with Crippen LogP contribution >= 0.6 is 22.9 Å². The maximum absolute atomic E-state index is 13.3. The van der Waals surface area contributed by atoms with E-state index in [-0.39, 0.29) is 17.8 Å². The number of thiophene rings is 1. The SMILES string of the molecule is CN(C)[C@@H](CNC(=O)c1sccc1Cl)c1cccc(F)c1. The molecule has 0 aliphatic rings. The number of benzene rings is 1. The highest BCUT2D eigenvalue weighted by Gasteiger charge is 2.18. The zero-order valence-electron chi connectivity index (χ0n) is 11.8. The summed E-state index contributed by atoms with van der Waals surface area (Å²) >= 11 is 7.24. The predicted octanol–water partition coefficient (Wildman–Crippen LogP) is 3.57. The molecule has 6 heteroatoms. The van der Waals surface area contributed by atoms with Gasteiger partial charge in [0.25, 0.3) is 5.91 Å². The fourth-order valence-electron chi connectivity index (χ4n) is 2.04. The van der Waals surface area contributed by atoms with Crippen LogP contribution in [0.5, 0.6) is 0 Å². The minimum Gasteiger partial charge on any atom is -0.349 e. The molecule has 1 aromatic heterocycles. The molecule has 0 spiro atoms. The monoisotopic (exact) mass is 326 g/mol. The smallest absolute Gasteiger partial charge is 0.262 e. The van der Waals surface area contributed by atoms with E-state index in [0.717, 1.165) is 5.56 Å². The molecule has 0 aliphatic carbocycles. The first kappa shape index (κ1) is 15.9. The molecule has 1 amide bonds. The molecule has 2 rings (SSSR count). The normalized spacial score (nSPS) is 12.4. The molecule has 1 aromatic carbocycles. The molecule has 0 aliphatic heterocycles. The number of likely N-dealkylation sites (N-methyl/N-ethyl adjacent to an activating group) is 1. The van der Waals surface area contributed by atoms with Gasteiger partial charge in [-0.25, -0.2) is 4.39 Å². The quantitative estimate of drug-likeness (QED) is 0.911. The Hall–Kier alpha value is -1.43. The van der Waals surface area contributed by atoms with Gasteiger partial charge in [0.2, 0.25) is 0 Å². The number of rotatable bonds is 5. The van der Waals surface area contributed by atoms with Gasteiger partial charge in [-0.3, -0.25) is 4.79 Å². The van der Waals surface area contributed by atoms with Crippen molar-refractivity contribution in [1.29, 1.82) is 0 Å². The van der Waals surface area contributed by atoms with Crippen molar-refractivity contribution in [3.05, 3.63) is 57.0 Å². The Bertz CT molecular complexity index is 630. The molecule has 0 radical (unpaired) electrons. The summed E-state index contributed by atoms with van der Waals surface area (Å²) in [6.45, 7) is 0.378. The Labute approximate surface area is 132 Å². The number of nitrogens with one attached hydrogen (secondary N) is 1. The van der Waals surface area contributed by atoms with E-state index >= 15 is 0 Å². The van der Waals surface area contributed by atoms with Crippen molar-refractivity contribution in [3.63, 3.8) is 0 Å². The minimum absolute atomic E-state index is 0.108. The first-order chi connectivity index (χ1) is 9.99. The topological polar surface area (TPSA) is 32.3 Å². The van der Waals surface area contributed by atoms with E-state index in [2.05, 4.69) is 5.32 Å². The summed E-state index contributed by atoms with van der Waals surface area (Å²) < 4.78 is 13.3. The molecule has 2 aromatic rings. The molecule has 112 valence electrons. The van der Waals surface area contributed by atoms with E-state index in [1.54, 1.807) is 17.5 Å². The van der Waals surface area contributed by atoms with E-state index in [1.165, 1.54) is 23.5 Å². The summed E-state index contributed by atoms with van der Waals surface area (Å²) in [6.07, 6.45) is 0. The lowest BCUT2D eigenvalue weighted by atomic mass is 10.1. The Balaban J connectivity index is 2.08. The second-order valence-electron chi connectivity index (χ2n) is 4.84. The lowest BCUT2D eigenvalue weighted by molar-refractivity contribution is 0.0946. The Morgan fingerprint density at radius 2 is 2.19 bits per heavy atom. The first-order valence-corrected chi connectivity index (χ1v) is 7.68. The van der Waals surface area contributed by atoms with Crippen LogP contribution in [0.4, 0.5) is 4.39 Å². The van der Waals surface area contributed by atoms with E-state index in [1.807, 2.05) is 25.1 Å². The summed E-state index contributed by atoms with van der Waals surface area (Å²) in [5, 5.41) is 5.07. The maximum atomic E-state index is 13.3. The van der Waals surface area contributed by atoms with E-state index in [0.29, 0.717) is 16.4 Å². The number of halogens is 2. The summed E-state index contributed by atoms with van der Waals surface area (Å²) in [7, 11) is 3.78. The molecule has 0 fully saturated rings. The molecule has 0 saturated carbocycles. The molecule has 21 heavy (non-hydrogen) atoms. The van der Waals surface area contributed by atoms with Gasteiger partial charge in [0.05, 0.1) is 11.1 Å². The number of carbonyl (C=O) groups is 1. The van der Waals surface area contributed by atoms with Crippen molar-refractivity contribution >= 4 is 28.8 Å². The van der Waals surface area contributed by atoms with Gasteiger partial charge in [0.15, 0.2) is 0 Å². The van der Waals surface area contributed by atoms with E-state index in [4.69, 9.17) is 11.6 Å². The number of hydrogen-bond acceptors (Lipinski definition) is 3. The Morgan fingerprint density at radius 3 is 2.76 bits per heavy atom. The molecule has 0 saturated heterocycles. The molecular formula is C15H16ClFN2OS. The van der Waals surface area contributed by atoms with Crippen LogP contribution in [0.2, 0.25) is 5.02 Å². The third-order valence-electron chi connectivity index (χ3n) is 3.14. The molecule has 3 nitrogen and oxygen atoms in total. The second-order valence-corrected chi connectivity index (χ2v) is 6.17. The second kappa shape index (κ2) is 7.02. The summed E-state index contributed by atoms with van der Waals surface area (Å²) in [5.74, 6) is -0.495. The number of nitrogens with zero attached hydrogens (tertiary/aromatic N) is 1. The fraction of sp³-hybridized carbons (Fsp3) is 0.267. The Kier molecular flexibility index (Phi) is 5.33. The average molecular weight is 327 g/mol. The summed E-state index contributed by atoms with van der Waals surface area (Å²) in [4.78, 5) is 14.5. The van der Waals surface area contributed by atoms with Gasteiger partial charge in [0.1, 0.15) is 10.7 Å².